The third-order valence-corrected chi connectivity index (χ3v) is 5.49. The van der Waals surface area contributed by atoms with Gasteiger partial charge in [-0.05, 0) is 36.2 Å². The van der Waals surface area contributed by atoms with Crippen LogP contribution in [0.5, 0.6) is 0 Å². The zero-order valence-corrected chi connectivity index (χ0v) is 18.3. The lowest BCUT2D eigenvalue weighted by Gasteiger charge is -2.30. The van der Waals surface area contributed by atoms with E-state index in [2.05, 4.69) is 32.9 Å². The number of amides is 4. The molecule has 3 N–H and O–H groups in total. The van der Waals surface area contributed by atoms with Crippen molar-refractivity contribution in [3.8, 4) is 11.8 Å². The highest BCUT2D eigenvalue weighted by molar-refractivity contribution is 5.99. The van der Waals surface area contributed by atoms with Gasteiger partial charge in [0.15, 0.2) is 6.23 Å². The summed E-state index contributed by atoms with van der Waals surface area (Å²) in [6, 6.07) is 8.59. The Bertz CT molecular complexity index is 1160. The summed E-state index contributed by atoms with van der Waals surface area (Å²) in [4.78, 5) is 57.6. The van der Waals surface area contributed by atoms with Crippen molar-refractivity contribution in [1.82, 2.24) is 20.7 Å². The molecule has 3 heterocycles. The Kier molecular flexibility index (Phi) is 7.15. The highest BCUT2D eigenvalue weighted by atomic mass is 16.7. The summed E-state index contributed by atoms with van der Waals surface area (Å²) in [5.74, 6) is 6.04. The van der Waals surface area contributed by atoms with Crippen LogP contribution >= 0.6 is 0 Å². The Morgan fingerprint density at radius 3 is 2.91 bits per heavy atom. The van der Waals surface area contributed by atoms with Crippen LogP contribution in [0.15, 0.2) is 36.5 Å². The van der Waals surface area contributed by atoms with E-state index in [0.717, 1.165) is 11.1 Å². The van der Waals surface area contributed by atoms with Gasteiger partial charge in [-0.3, -0.25) is 19.2 Å². The average Bonchev–Trinajstić information content (AvgIpc) is 3.19. The maximum atomic E-state index is 12.8. The molecule has 4 rings (SSSR count). The van der Waals surface area contributed by atoms with Gasteiger partial charge in [0.05, 0.1) is 12.1 Å². The molecule has 10 nitrogen and oxygen atoms in total. The maximum absolute atomic E-state index is 12.8. The number of anilines is 1. The molecule has 1 fully saturated rings. The van der Waals surface area contributed by atoms with Gasteiger partial charge >= 0.3 is 0 Å². The van der Waals surface area contributed by atoms with Crippen molar-refractivity contribution in [2.75, 3.05) is 11.9 Å². The predicted molar refractivity (Wildman–Crippen MR) is 121 cm³/mol. The van der Waals surface area contributed by atoms with Gasteiger partial charge in [-0.25, -0.2) is 15.3 Å². The topological polar surface area (TPSA) is 130 Å². The molecule has 2 aliphatic rings. The summed E-state index contributed by atoms with van der Waals surface area (Å²) in [5, 5.41) is 5.22. The number of carbonyl (C=O) groups is 4. The number of carbonyl (C=O) groups excluding carboxylic acids is 4. The fraction of sp³-hybridized carbons (Fsp3) is 0.292. The molecule has 34 heavy (non-hydrogen) atoms. The summed E-state index contributed by atoms with van der Waals surface area (Å²) in [6.07, 6.45) is 3.42. The van der Waals surface area contributed by atoms with E-state index in [9.17, 15) is 19.2 Å². The third kappa shape index (κ3) is 5.22. The number of nitrogens with zero attached hydrogens (tertiary/aromatic N) is 2. The molecule has 4 amide bonds. The fourth-order valence-corrected chi connectivity index (χ4v) is 3.73. The summed E-state index contributed by atoms with van der Waals surface area (Å²) in [5.41, 5.74) is 4.98. The van der Waals surface area contributed by atoms with Gasteiger partial charge < -0.3 is 15.5 Å². The van der Waals surface area contributed by atoms with Gasteiger partial charge in [0.2, 0.25) is 12.3 Å². The zero-order valence-electron chi connectivity index (χ0n) is 18.3. The first-order valence-corrected chi connectivity index (χ1v) is 10.9. The van der Waals surface area contributed by atoms with E-state index in [1.54, 1.807) is 29.2 Å². The van der Waals surface area contributed by atoms with Gasteiger partial charge in [0, 0.05) is 43.1 Å². The Morgan fingerprint density at radius 2 is 2.18 bits per heavy atom. The Morgan fingerprint density at radius 1 is 1.29 bits per heavy atom. The Labute approximate surface area is 196 Å². The van der Waals surface area contributed by atoms with Crippen LogP contribution in [0.1, 0.15) is 57.5 Å². The van der Waals surface area contributed by atoms with Crippen LogP contribution in [0.2, 0.25) is 0 Å². The molecule has 0 saturated carbocycles. The average molecular weight is 461 g/mol. The number of unbranched alkanes of at least 4 members (excludes halogenated alkanes) is 1. The van der Waals surface area contributed by atoms with Crippen molar-refractivity contribution in [3.63, 3.8) is 0 Å². The van der Waals surface area contributed by atoms with Crippen LogP contribution in [0.25, 0.3) is 0 Å². The van der Waals surface area contributed by atoms with Crippen LogP contribution in [-0.2, 0) is 21.0 Å². The maximum Gasteiger partial charge on any atom is 0.256 e. The van der Waals surface area contributed by atoms with Gasteiger partial charge in [0.25, 0.3) is 11.8 Å². The first-order chi connectivity index (χ1) is 16.6. The second-order valence-electron chi connectivity index (χ2n) is 7.76. The Hall–Kier alpha value is -4.23. The van der Waals surface area contributed by atoms with Gasteiger partial charge in [-0.1, -0.05) is 17.9 Å². The summed E-state index contributed by atoms with van der Waals surface area (Å²) in [6.45, 7) is 0.830. The molecule has 0 radical (unpaired) electrons. The quantitative estimate of drug-likeness (QED) is 0.324. The monoisotopic (exact) mass is 461 g/mol. The Balaban J connectivity index is 1.28. The number of rotatable bonds is 7. The minimum Gasteiger partial charge on any atom is -0.352 e. The van der Waals surface area contributed by atoms with Gasteiger partial charge in [0.1, 0.15) is 5.82 Å². The van der Waals surface area contributed by atoms with Crippen LogP contribution < -0.4 is 16.1 Å². The minimum atomic E-state index is -0.491. The molecule has 174 valence electrons. The highest BCUT2D eigenvalue weighted by Crippen LogP contribution is 2.29. The second-order valence-corrected chi connectivity index (χ2v) is 7.76. The molecular formula is C24H23N5O5. The standard InChI is InChI=1S/C24H23N5O5/c30-15-27-20-9-8-17(13-26-20)23(32)25-12-3-1-2-5-16-6-4-7-18-19(16)14-29(24(18)33)22-11-10-21(31)28-34-22/h4,6-9,13,15,22H,1,3,10-12,14H2,(H,25,32)(H,28,31)(H,26,27,30). The van der Waals surface area contributed by atoms with E-state index in [4.69, 9.17) is 4.84 Å². The normalized spacial score (nSPS) is 16.7. The van der Waals surface area contributed by atoms with E-state index >= 15 is 0 Å². The molecular weight excluding hydrogens is 438 g/mol. The number of fused-ring (bicyclic) bond motifs is 1. The van der Waals surface area contributed by atoms with Gasteiger partial charge in [-0.15, -0.1) is 0 Å². The number of hydrogen-bond acceptors (Lipinski definition) is 6. The number of aromatic nitrogens is 1. The summed E-state index contributed by atoms with van der Waals surface area (Å²) in [7, 11) is 0. The second kappa shape index (κ2) is 10.6. The van der Waals surface area contributed by atoms with E-state index < -0.39 is 6.23 Å². The molecule has 2 aromatic rings. The molecule has 1 unspecified atom stereocenters. The van der Waals surface area contributed by atoms with Gasteiger partial charge in [-0.2, -0.15) is 0 Å². The highest BCUT2D eigenvalue weighted by Gasteiger charge is 2.36. The lowest BCUT2D eigenvalue weighted by atomic mass is 10.0. The van der Waals surface area contributed by atoms with Crippen LogP contribution in [0.3, 0.4) is 0 Å². The molecule has 1 aromatic carbocycles. The molecule has 1 atom stereocenters. The van der Waals surface area contributed by atoms with Crippen LogP contribution in [-0.4, -0.2) is 46.8 Å². The zero-order chi connectivity index (χ0) is 23.9. The first-order valence-electron chi connectivity index (χ1n) is 10.9. The van der Waals surface area contributed by atoms with Crippen molar-refractivity contribution >= 4 is 29.9 Å². The van der Waals surface area contributed by atoms with Crippen molar-refractivity contribution in [3.05, 3.63) is 58.8 Å². The SMILES string of the molecule is O=CNc1ccc(C(=O)NCCCC#Cc2cccc3c2CN(C2CCC(=O)NO2)C3=O)cn1. The minimum absolute atomic E-state index is 0.132. The van der Waals surface area contributed by atoms with E-state index in [1.165, 1.54) is 6.20 Å². The molecule has 0 aliphatic carbocycles. The molecule has 0 bridgehead atoms. The lowest BCUT2D eigenvalue weighted by molar-refractivity contribution is -0.162. The first kappa shape index (κ1) is 22.9. The van der Waals surface area contributed by atoms with Crippen molar-refractivity contribution < 1.29 is 24.0 Å². The molecule has 1 saturated heterocycles. The number of hydrogen-bond donors (Lipinski definition) is 3. The number of nitrogens with one attached hydrogen (secondary N) is 3. The number of benzene rings is 1. The smallest absolute Gasteiger partial charge is 0.256 e. The van der Waals surface area contributed by atoms with Crippen molar-refractivity contribution in [2.24, 2.45) is 0 Å². The molecule has 1 aromatic heterocycles. The van der Waals surface area contributed by atoms with Crippen molar-refractivity contribution in [2.45, 2.75) is 38.5 Å². The van der Waals surface area contributed by atoms with E-state index in [1.807, 2.05) is 6.07 Å². The molecule has 0 spiro atoms. The van der Waals surface area contributed by atoms with E-state index in [0.29, 0.717) is 62.1 Å². The predicted octanol–water partition coefficient (Wildman–Crippen LogP) is 1.34. The molecule has 2 aliphatic heterocycles. The van der Waals surface area contributed by atoms with Crippen LogP contribution in [0, 0.1) is 11.8 Å². The largest absolute Gasteiger partial charge is 0.352 e. The number of pyridine rings is 1. The third-order valence-electron chi connectivity index (χ3n) is 5.49. The lowest BCUT2D eigenvalue weighted by Crippen LogP contribution is -2.46. The summed E-state index contributed by atoms with van der Waals surface area (Å²) < 4.78 is 0. The summed E-state index contributed by atoms with van der Waals surface area (Å²) >= 11 is 0. The fourth-order valence-electron chi connectivity index (χ4n) is 3.73. The van der Waals surface area contributed by atoms with E-state index in [-0.39, 0.29) is 17.7 Å². The van der Waals surface area contributed by atoms with Crippen molar-refractivity contribution in [1.29, 1.82) is 0 Å². The van der Waals surface area contributed by atoms with Crippen LogP contribution in [0.4, 0.5) is 5.82 Å². The molecule has 10 heteroatoms. The number of hydroxylamine groups is 1.